The fourth-order valence-corrected chi connectivity index (χ4v) is 4.52. The number of ether oxygens (including phenoxy) is 1. The van der Waals surface area contributed by atoms with Gasteiger partial charge in [0.1, 0.15) is 16.4 Å². The highest BCUT2D eigenvalue weighted by molar-refractivity contribution is 7.91. The highest BCUT2D eigenvalue weighted by Gasteiger charge is 2.22. The summed E-state index contributed by atoms with van der Waals surface area (Å²) in [6.45, 7) is 0. The summed E-state index contributed by atoms with van der Waals surface area (Å²) in [5.74, 6) is -1.42. The molecule has 0 aliphatic heterocycles. The molecule has 0 bridgehead atoms. The first-order valence-electron chi connectivity index (χ1n) is 8.39. The minimum atomic E-state index is -3.99. The molecule has 0 aliphatic carbocycles. The first-order chi connectivity index (χ1) is 14.2. The van der Waals surface area contributed by atoms with Crippen molar-refractivity contribution in [1.29, 1.82) is 0 Å². The predicted molar refractivity (Wildman–Crippen MR) is 113 cm³/mol. The Balaban J connectivity index is 1.98. The van der Waals surface area contributed by atoms with Crippen molar-refractivity contribution in [3.8, 4) is 17.2 Å². The van der Waals surface area contributed by atoms with Crippen LogP contribution in [0.2, 0.25) is 10.0 Å². The van der Waals surface area contributed by atoms with E-state index in [-0.39, 0.29) is 31.3 Å². The summed E-state index contributed by atoms with van der Waals surface area (Å²) in [6.07, 6.45) is 2.25. The smallest absolute Gasteiger partial charge is 0.328 e. The number of carboxylic acids is 1. The van der Waals surface area contributed by atoms with Gasteiger partial charge in [-0.25, -0.2) is 13.2 Å². The molecule has 0 amide bonds. The molecule has 0 saturated carbocycles. The Morgan fingerprint density at radius 1 is 0.967 bits per heavy atom. The lowest BCUT2D eigenvalue weighted by Crippen LogP contribution is -2.02. The van der Waals surface area contributed by atoms with Gasteiger partial charge in [0.15, 0.2) is 5.75 Å². The van der Waals surface area contributed by atoms with Crippen LogP contribution in [0.5, 0.6) is 17.2 Å². The Hall–Kier alpha value is -3.00. The fourth-order valence-electron chi connectivity index (χ4n) is 2.56. The number of phenols is 1. The molecule has 0 heterocycles. The maximum Gasteiger partial charge on any atom is 0.328 e. The highest BCUT2D eigenvalue weighted by Crippen LogP contribution is 2.40. The molecule has 0 fully saturated rings. The summed E-state index contributed by atoms with van der Waals surface area (Å²) in [5, 5.41) is 19.0. The van der Waals surface area contributed by atoms with Gasteiger partial charge in [-0.1, -0.05) is 41.4 Å². The van der Waals surface area contributed by atoms with Crippen LogP contribution in [0.1, 0.15) is 5.56 Å². The number of carbonyl (C=O) groups is 1. The van der Waals surface area contributed by atoms with Crippen molar-refractivity contribution in [2.75, 3.05) is 0 Å². The quantitative estimate of drug-likeness (QED) is 0.472. The second-order valence-electron chi connectivity index (χ2n) is 6.03. The topological polar surface area (TPSA) is 101 Å². The van der Waals surface area contributed by atoms with Gasteiger partial charge in [0.25, 0.3) is 0 Å². The molecular weight excluding hydrogens is 451 g/mol. The van der Waals surface area contributed by atoms with E-state index in [0.29, 0.717) is 5.56 Å². The van der Waals surface area contributed by atoms with E-state index >= 15 is 0 Å². The Kier molecular flexibility index (Phi) is 6.36. The number of aliphatic carboxylic acids is 1. The van der Waals surface area contributed by atoms with Gasteiger partial charge in [0, 0.05) is 12.1 Å². The normalized spacial score (nSPS) is 11.5. The summed E-state index contributed by atoms with van der Waals surface area (Å²) in [7, 11) is -3.99. The molecule has 3 aromatic rings. The zero-order chi connectivity index (χ0) is 21.9. The third-order valence-corrected chi connectivity index (χ3v) is 6.29. The third-order valence-electron chi connectivity index (χ3n) is 3.93. The van der Waals surface area contributed by atoms with Gasteiger partial charge in [-0.3, -0.25) is 0 Å². The molecule has 3 aromatic carbocycles. The Morgan fingerprint density at radius 2 is 1.60 bits per heavy atom. The van der Waals surface area contributed by atoms with Crippen LogP contribution in [0.4, 0.5) is 0 Å². The lowest BCUT2D eigenvalue weighted by atomic mass is 10.2. The fraction of sp³-hybridized carbons (Fsp3) is 0. The van der Waals surface area contributed by atoms with E-state index in [2.05, 4.69) is 0 Å². The van der Waals surface area contributed by atoms with Gasteiger partial charge in [0.2, 0.25) is 9.84 Å². The van der Waals surface area contributed by atoms with Crippen molar-refractivity contribution in [2.45, 2.75) is 9.79 Å². The lowest BCUT2D eigenvalue weighted by Gasteiger charge is -2.13. The van der Waals surface area contributed by atoms with Gasteiger partial charge in [-0.15, -0.1) is 0 Å². The first-order valence-corrected chi connectivity index (χ1v) is 10.6. The minimum absolute atomic E-state index is 0.0167. The second-order valence-corrected chi connectivity index (χ2v) is 8.77. The van der Waals surface area contributed by atoms with Crippen molar-refractivity contribution < 1.29 is 28.2 Å². The number of rotatable bonds is 6. The van der Waals surface area contributed by atoms with Crippen LogP contribution in [-0.4, -0.2) is 24.6 Å². The molecular formula is C21H14Cl2O6S. The molecule has 0 spiro atoms. The Morgan fingerprint density at radius 3 is 2.20 bits per heavy atom. The zero-order valence-corrected chi connectivity index (χ0v) is 17.4. The molecule has 0 radical (unpaired) electrons. The van der Waals surface area contributed by atoms with Crippen LogP contribution in [0.15, 0.2) is 76.5 Å². The van der Waals surface area contributed by atoms with E-state index in [0.717, 1.165) is 6.08 Å². The van der Waals surface area contributed by atoms with Crippen molar-refractivity contribution in [1.82, 2.24) is 0 Å². The van der Waals surface area contributed by atoms with Gasteiger partial charge in [-0.05, 0) is 48.0 Å². The summed E-state index contributed by atoms with van der Waals surface area (Å²) in [5.41, 5.74) is 0.442. The molecule has 9 heteroatoms. The van der Waals surface area contributed by atoms with E-state index in [9.17, 15) is 18.3 Å². The lowest BCUT2D eigenvalue weighted by molar-refractivity contribution is -0.131. The Bertz CT molecular complexity index is 1210. The van der Waals surface area contributed by atoms with Crippen molar-refractivity contribution in [3.05, 3.63) is 82.3 Å². The van der Waals surface area contributed by atoms with Crippen LogP contribution < -0.4 is 4.74 Å². The van der Waals surface area contributed by atoms with Gasteiger partial charge in [0.05, 0.1) is 14.9 Å². The van der Waals surface area contributed by atoms with Crippen molar-refractivity contribution >= 4 is 45.1 Å². The number of hydrogen-bond acceptors (Lipinski definition) is 5. The number of sulfone groups is 1. The Labute approximate surface area is 182 Å². The molecule has 0 aromatic heterocycles. The second kappa shape index (κ2) is 8.79. The van der Waals surface area contributed by atoms with E-state index in [4.69, 9.17) is 33.0 Å². The minimum Gasteiger partial charge on any atom is -0.507 e. The number of hydrogen-bond donors (Lipinski definition) is 2. The largest absolute Gasteiger partial charge is 0.507 e. The average Bonchev–Trinajstić information content (AvgIpc) is 2.71. The van der Waals surface area contributed by atoms with Gasteiger partial charge >= 0.3 is 5.97 Å². The van der Waals surface area contributed by atoms with E-state index < -0.39 is 21.6 Å². The van der Waals surface area contributed by atoms with Crippen molar-refractivity contribution in [2.24, 2.45) is 0 Å². The van der Waals surface area contributed by atoms with E-state index in [1.165, 1.54) is 48.5 Å². The van der Waals surface area contributed by atoms with Gasteiger partial charge < -0.3 is 14.9 Å². The maximum absolute atomic E-state index is 12.8. The molecule has 0 aliphatic rings. The molecule has 6 nitrogen and oxygen atoms in total. The molecule has 2 N–H and O–H groups in total. The number of phenolic OH excluding ortho intramolecular Hbond substituents is 1. The van der Waals surface area contributed by atoms with Gasteiger partial charge in [-0.2, -0.15) is 0 Å². The van der Waals surface area contributed by atoms with Crippen LogP contribution in [0, 0.1) is 0 Å². The summed E-state index contributed by atoms with van der Waals surface area (Å²) >= 11 is 12.4. The van der Waals surface area contributed by atoms with Crippen LogP contribution in [0.25, 0.3) is 6.08 Å². The van der Waals surface area contributed by atoms with Crippen LogP contribution in [-0.2, 0) is 14.6 Å². The summed E-state index contributed by atoms with van der Waals surface area (Å²) < 4.78 is 31.4. The molecule has 3 rings (SSSR count). The number of aromatic hydroxyl groups is 1. The van der Waals surface area contributed by atoms with E-state index in [1.807, 2.05) is 0 Å². The molecule has 30 heavy (non-hydrogen) atoms. The number of halogens is 2. The monoisotopic (exact) mass is 464 g/mol. The zero-order valence-electron chi connectivity index (χ0n) is 15.1. The third kappa shape index (κ3) is 4.76. The molecule has 154 valence electrons. The summed E-state index contributed by atoms with van der Waals surface area (Å²) in [4.78, 5) is 10.3. The number of carboxylic acid groups (broad SMARTS) is 1. The van der Waals surface area contributed by atoms with E-state index in [1.54, 1.807) is 18.2 Å². The maximum atomic E-state index is 12.8. The molecule has 0 unspecified atom stereocenters. The average molecular weight is 465 g/mol. The first kappa shape index (κ1) is 21.7. The molecule has 0 saturated heterocycles. The SMILES string of the molecule is O=C(O)C=Cc1cc(Cl)c(Oc2ccc(O)c(S(=O)(=O)c3ccccc3)c2)c(Cl)c1. The standard InChI is InChI=1S/C21H14Cl2O6S/c22-16-10-13(6-9-20(25)26)11-17(23)21(16)29-14-7-8-18(24)19(12-14)30(27,28)15-4-2-1-3-5-15/h1-12,24H,(H,25,26). The van der Waals surface area contributed by atoms with Crippen LogP contribution in [0.3, 0.4) is 0 Å². The van der Waals surface area contributed by atoms with Crippen LogP contribution >= 0.6 is 23.2 Å². The predicted octanol–water partition coefficient (Wildman–Crippen LogP) is 5.42. The number of benzene rings is 3. The molecule has 0 atom stereocenters. The highest BCUT2D eigenvalue weighted by atomic mass is 35.5. The summed E-state index contributed by atoms with van der Waals surface area (Å²) in [6, 6.07) is 14.3. The van der Waals surface area contributed by atoms with Crippen molar-refractivity contribution in [3.63, 3.8) is 0 Å².